The molecule has 106 valence electrons. The molecule has 0 unspecified atom stereocenters. The standard InChI is InChI=1S/C15H10Cl2N2OS/c16-10-4-1-5-11-12(10)13(17)14(21-11)15(20)19-8-9-3-2-6-18-7-9/h1-7H,8H2,(H,19,20). The number of carbonyl (C=O) groups excluding carboxylic acids is 1. The average molecular weight is 337 g/mol. The third-order valence-electron chi connectivity index (χ3n) is 2.99. The molecular formula is C15H10Cl2N2OS. The highest BCUT2D eigenvalue weighted by atomic mass is 35.5. The summed E-state index contributed by atoms with van der Waals surface area (Å²) in [5.74, 6) is -0.207. The van der Waals surface area contributed by atoms with Crippen LogP contribution in [-0.2, 0) is 6.54 Å². The first-order valence-electron chi connectivity index (χ1n) is 6.20. The summed E-state index contributed by atoms with van der Waals surface area (Å²) in [4.78, 5) is 16.8. The molecule has 0 fully saturated rings. The molecule has 0 radical (unpaired) electrons. The van der Waals surface area contributed by atoms with Gasteiger partial charge in [-0.3, -0.25) is 9.78 Å². The molecule has 0 aliphatic rings. The number of rotatable bonds is 3. The number of carbonyl (C=O) groups is 1. The number of thiophene rings is 1. The number of fused-ring (bicyclic) bond motifs is 1. The van der Waals surface area contributed by atoms with Crippen molar-refractivity contribution in [1.29, 1.82) is 0 Å². The third-order valence-corrected chi connectivity index (χ3v) is 4.95. The molecular weight excluding hydrogens is 327 g/mol. The van der Waals surface area contributed by atoms with E-state index in [1.807, 2.05) is 24.3 Å². The van der Waals surface area contributed by atoms with Crippen molar-refractivity contribution in [3.8, 4) is 0 Å². The Kier molecular flexibility index (Phi) is 4.10. The fourth-order valence-electron chi connectivity index (χ4n) is 1.98. The second-order valence-corrected chi connectivity index (χ2v) is 6.24. The van der Waals surface area contributed by atoms with Crippen LogP contribution in [0.4, 0.5) is 0 Å². The molecule has 1 N–H and O–H groups in total. The van der Waals surface area contributed by atoms with E-state index in [-0.39, 0.29) is 5.91 Å². The molecule has 3 nitrogen and oxygen atoms in total. The number of hydrogen-bond donors (Lipinski definition) is 1. The lowest BCUT2D eigenvalue weighted by Crippen LogP contribution is -2.22. The van der Waals surface area contributed by atoms with Crippen LogP contribution in [0.2, 0.25) is 10.0 Å². The summed E-state index contributed by atoms with van der Waals surface area (Å²) in [5, 5.41) is 4.54. The lowest BCUT2D eigenvalue weighted by Gasteiger charge is -2.03. The normalized spacial score (nSPS) is 10.8. The Labute approximate surface area is 135 Å². The summed E-state index contributed by atoms with van der Waals surface area (Å²) < 4.78 is 0.902. The van der Waals surface area contributed by atoms with Gasteiger partial charge in [0.25, 0.3) is 5.91 Å². The zero-order valence-corrected chi connectivity index (χ0v) is 13.1. The topological polar surface area (TPSA) is 42.0 Å². The third kappa shape index (κ3) is 2.88. The van der Waals surface area contributed by atoms with Crippen LogP contribution in [-0.4, -0.2) is 10.9 Å². The van der Waals surface area contributed by atoms with E-state index >= 15 is 0 Å². The van der Waals surface area contributed by atoms with Crippen molar-refractivity contribution in [3.05, 3.63) is 63.2 Å². The van der Waals surface area contributed by atoms with Gasteiger partial charge in [-0.2, -0.15) is 0 Å². The highest BCUT2D eigenvalue weighted by molar-refractivity contribution is 7.21. The molecule has 0 saturated heterocycles. The molecule has 0 atom stereocenters. The van der Waals surface area contributed by atoms with Gasteiger partial charge >= 0.3 is 0 Å². The van der Waals surface area contributed by atoms with Gasteiger partial charge in [-0.1, -0.05) is 35.3 Å². The van der Waals surface area contributed by atoms with E-state index in [4.69, 9.17) is 23.2 Å². The second kappa shape index (κ2) is 6.02. The highest BCUT2D eigenvalue weighted by Gasteiger charge is 2.18. The number of amides is 1. The van der Waals surface area contributed by atoms with Gasteiger partial charge in [0.1, 0.15) is 4.88 Å². The first kappa shape index (κ1) is 14.3. The van der Waals surface area contributed by atoms with Crippen molar-refractivity contribution in [1.82, 2.24) is 10.3 Å². The van der Waals surface area contributed by atoms with Crippen LogP contribution >= 0.6 is 34.5 Å². The minimum atomic E-state index is -0.207. The maximum atomic E-state index is 12.3. The van der Waals surface area contributed by atoms with E-state index in [0.717, 1.165) is 15.6 Å². The van der Waals surface area contributed by atoms with E-state index in [1.54, 1.807) is 18.5 Å². The monoisotopic (exact) mass is 336 g/mol. The number of pyridine rings is 1. The molecule has 2 heterocycles. The molecule has 2 aromatic heterocycles. The first-order valence-corrected chi connectivity index (χ1v) is 7.77. The molecule has 0 aliphatic heterocycles. The Morgan fingerprint density at radius 3 is 2.81 bits per heavy atom. The van der Waals surface area contributed by atoms with Gasteiger partial charge in [0.2, 0.25) is 0 Å². The van der Waals surface area contributed by atoms with Gasteiger partial charge < -0.3 is 5.32 Å². The van der Waals surface area contributed by atoms with E-state index in [2.05, 4.69) is 10.3 Å². The Balaban J connectivity index is 1.85. The summed E-state index contributed by atoms with van der Waals surface area (Å²) in [6, 6.07) is 9.23. The quantitative estimate of drug-likeness (QED) is 0.763. The number of nitrogens with zero attached hydrogens (tertiary/aromatic N) is 1. The van der Waals surface area contributed by atoms with E-state index in [0.29, 0.717) is 21.5 Å². The summed E-state index contributed by atoms with van der Waals surface area (Å²) in [6.07, 6.45) is 3.40. The Bertz CT molecular complexity index is 802. The smallest absolute Gasteiger partial charge is 0.263 e. The summed E-state index contributed by atoms with van der Waals surface area (Å²) in [6.45, 7) is 0.408. The van der Waals surface area contributed by atoms with Gasteiger partial charge in [-0.25, -0.2) is 0 Å². The van der Waals surface area contributed by atoms with Crippen molar-refractivity contribution in [3.63, 3.8) is 0 Å². The van der Waals surface area contributed by atoms with Gasteiger partial charge in [0, 0.05) is 29.0 Å². The summed E-state index contributed by atoms with van der Waals surface area (Å²) in [5.41, 5.74) is 0.932. The van der Waals surface area contributed by atoms with Crippen molar-refractivity contribution < 1.29 is 4.79 Å². The SMILES string of the molecule is O=C(NCc1cccnc1)c1sc2cccc(Cl)c2c1Cl. The highest BCUT2D eigenvalue weighted by Crippen LogP contribution is 2.39. The van der Waals surface area contributed by atoms with E-state index < -0.39 is 0 Å². The zero-order chi connectivity index (χ0) is 14.8. The van der Waals surface area contributed by atoms with Crippen LogP contribution in [0.3, 0.4) is 0 Å². The van der Waals surface area contributed by atoms with Crippen LogP contribution in [0, 0.1) is 0 Å². The largest absolute Gasteiger partial charge is 0.347 e. The molecule has 1 aromatic carbocycles. The molecule has 1 amide bonds. The second-order valence-electron chi connectivity index (χ2n) is 4.40. The van der Waals surface area contributed by atoms with Crippen LogP contribution in [0.5, 0.6) is 0 Å². The predicted molar refractivity (Wildman–Crippen MR) is 87.3 cm³/mol. The molecule has 0 bridgehead atoms. The molecule has 21 heavy (non-hydrogen) atoms. The zero-order valence-electron chi connectivity index (χ0n) is 10.8. The lowest BCUT2D eigenvalue weighted by atomic mass is 10.2. The average Bonchev–Trinajstić information content (AvgIpc) is 2.84. The first-order chi connectivity index (χ1) is 10.2. The predicted octanol–water partition coefficient (Wildman–Crippen LogP) is 4.53. The minimum absolute atomic E-state index is 0.207. The van der Waals surface area contributed by atoms with Gasteiger partial charge in [0.05, 0.1) is 10.0 Å². The Morgan fingerprint density at radius 2 is 2.10 bits per heavy atom. The molecule has 0 spiro atoms. The lowest BCUT2D eigenvalue weighted by molar-refractivity contribution is 0.0955. The molecule has 3 aromatic rings. The van der Waals surface area contributed by atoms with Gasteiger partial charge in [-0.05, 0) is 23.8 Å². The number of nitrogens with one attached hydrogen (secondary N) is 1. The van der Waals surface area contributed by atoms with E-state index in [1.165, 1.54) is 11.3 Å². The Morgan fingerprint density at radius 1 is 1.24 bits per heavy atom. The fourth-order valence-corrected chi connectivity index (χ4v) is 3.85. The number of hydrogen-bond acceptors (Lipinski definition) is 3. The van der Waals surface area contributed by atoms with Crippen LogP contribution in [0.25, 0.3) is 10.1 Å². The van der Waals surface area contributed by atoms with Crippen LogP contribution in [0.15, 0.2) is 42.7 Å². The molecule has 0 aliphatic carbocycles. The van der Waals surface area contributed by atoms with Crippen LogP contribution < -0.4 is 5.32 Å². The molecule has 6 heteroatoms. The maximum Gasteiger partial charge on any atom is 0.263 e. The van der Waals surface area contributed by atoms with E-state index in [9.17, 15) is 4.79 Å². The fraction of sp³-hybridized carbons (Fsp3) is 0.0667. The van der Waals surface area contributed by atoms with Crippen LogP contribution in [0.1, 0.15) is 15.2 Å². The van der Waals surface area contributed by atoms with Crippen molar-refractivity contribution in [2.45, 2.75) is 6.54 Å². The Hall–Kier alpha value is -1.62. The minimum Gasteiger partial charge on any atom is -0.347 e. The number of aromatic nitrogens is 1. The van der Waals surface area contributed by atoms with Gasteiger partial charge in [0.15, 0.2) is 0 Å². The summed E-state index contributed by atoms with van der Waals surface area (Å²) >= 11 is 13.8. The van der Waals surface area contributed by atoms with Crippen molar-refractivity contribution in [2.24, 2.45) is 0 Å². The summed E-state index contributed by atoms with van der Waals surface area (Å²) in [7, 11) is 0. The number of benzene rings is 1. The molecule has 3 rings (SSSR count). The van der Waals surface area contributed by atoms with Crippen molar-refractivity contribution in [2.75, 3.05) is 0 Å². The van der Waals surface area contributed by atoms with Crippen molar-refractivity contribution >= 4 is 50.5 Å². The molecule has 0 saturated carbocycles. The maximum absolute atomic E-state index is 12.3. The van der Waals surface area contributed by atoms with Gasteiger partial charge in [-0.15, -0.1) is 11.3 Å². The number of halogens is 2.